The maximum Gasteiger partial charge on any atom is 0.152 e. The smallest absolute Gasteiger partial charge is 0.152 e. The van der Waals surface area contributed by atoms with Gasteiger partial charge < -0.3 is 5.32 Å². The molecular weight excluding hydrogens is 172 g/mol. The van der Waals surface area contributed by atoms with E-state index in [1.807, 2.05) is 13.0 Å². The molecule has 1 aromatic heterocycles. The Bertz CT molecular complexity index is 315. The van der Waals surface area contributed by atoms with Crippen LogP contribution in [0.25, 0.3) is 0 Å². The average Bonchev–Trinajstić information content (AvgIpc) is 2.07. The van der Waals surface area contributed by atoms with Crippen LogP contribution in [0.1, 0.15) is 5.56 Å². The van der Waals surface area contributed by atoms with E-state index in [4.69, 9.17) is 18.0 Å². The van der Waals surface area contributed by atoms with Crippen LogP contribution < -0.4 is 5.32 Å². The minimum atomic E-state index is 0.454. The van der Waals surface area contributed by atoms with Crippen LogP contribution in [0.4, 0.5) is 5.69 Å². The summed E-state index contributed by atoms with van der Waals surface area (Å²) in [6.45, 7) is 2.41. The lowest BCUT2D eigenvalue weighted by molar-refractivity contribution is 1.24. The normalized spacial score (nSPS) is 9.08. The Kier molecular flexibility index (Phi) is 2.95. The summed E-state index contributed by atoms with van der Waals surface area (Å²) in [4.78, 5) is 3.97. The molecular formula is C9H9ClN2. The predicted octanol–water partition coefficient (Wildman–Crippen LogP) is 2.09. The Morgan fingerprint density at radius 3 is 3.17 bits per heavy atom. The van der Waals surface area contributed by atoms with E-state index in [1.54, 1.807) is 6.20 Å². The highest BCUT2D eigenvalue weighted by molar-refractivity contribution is 6.31. The van der Waals surface area contributed by atoms with E-state index >= 15 is 0 Å². The van der Waals surface area contributed by atoms with Crippen LogP contribution in [0.15, 0.2) is 12.3 Å². The van der Waals surface area contributed by atoms with Crippen molar-refractivity contribution in [2.75, 3.05) is 11.9 Å². The molecule has 0 aliphatic heterocycles. The number of anilines is 1. The summed E-state index contributed by atoms with van der Waals surface area (Å²) < 4.78 is 0. The summed E-state index contributed by atoms with van der Waals surface area (Å²) >= 11 is 5.79. The first-order chi connectivity index (χ1) is 5.74. The maximum absolute atomic E-state index is 5.79. The lowest BCUT2D eigenvalue weighted by Crippen LogP contribution is -2.00. The van der Waals surface area contributed by atoms with Crippen LogP contribution in [-0.4, -0.2) is 11.5 Å². The van der Waals surface area contributed by atoms with Crippen LogP contribution in [0.5, 0.6) is 0 Å². The molecule has 0 spiro atoms. The molecule has 3 heteroatoms. The van der Waals surface area contributed by atoms with Crippen LogP contribution in [0, 0.1) is 19.3 Å². The van der Waals surface area contributed by atoms with Gasteiger partial charge in [0.05, 0.1) is 12.2 Å². The Morgan fingerprint density at radius 1 is 1.75 bits per heavy atom. The number of halogens is 1. The highest BCUT2D eigenvalue weighted by Crippen LogP contribution is 2.18. The molecule has 0 aliphatic rings. The summed E-state index contributed by atoms with van der Waals surface area (Å²) in [6, 6.07) is 1.91. The zero-order valence-electron chi connectivity index (χ0n) is 6.76. The largest absolute Gasteiger partial charge is 0.372 e. The van der Waals surface area contributed by atoms with Crippen molar-refractivity contribution < 1.29 is 0 Å². The molecule has 0 atom stereocenters. The molecule has 1 aromatic rings. The highest BCUT2D eigenvalue weighted by Gasteiger charge is 1.98. The molecule has 1 N–H and O–H groups in total. The Balaban J connectivity index is 2.84. The second kappa shape index (κ2) is 3.99. The van der Waals surface area contributed by atoms with Gasteiger partial charge >= 0.3 is 0 Å². The van der Waals surface area contributed by atoms with Crippen molar-refractivity contribution >= 4 is 17.3 Å². The quantitative estimate of drug-likeness (QED) is 0.557. The molecule has 0 aromatic carbocycles. The van der Waals surface area contributed by atoms with Gasteiger partial charge in [-0.2, -0.15) is 0 Å². The number of nitrogens with zero attached hydrogens (tertiary/aromatic N) is 1. The van der Waals surface area contributed by atoms with E-state index in [0.29, 0.717) is 11.7 Å². The Hall–Kier alpha value is -1.20. The second-order valence-corrected chi connectivity index (χ2v) is 2.77. The molecule has 0 radical (unpaired) electrons. The summed E-state index contributed by atoms with van der Waals surface area (Å²) in [5.74, 6) is 2.47. The van der Waals surface area contributed by atoms with E-state index < -0.39 is 0 Å². The summed E-state index contributed by atoms with van der Waals surface area (Å²) in [7, 11) is 0. The van der Waals surface area contributed by atoms with Crippen LogP contribution in [0.3, 0.4) is 0 Å². The van der Waals surface area contributed by atoms with Gasteiger partial charge in [0, 0.05) is 6.20 Å². The van der Waals surface area contributed by atoms with Crippen LogP contribution in [-0.2, 0) is 0 Å². The molecule has 1 rings (SSSR count). The number of terminal acetylenes is 1. The van der Waals surface area contributed by atoms with Crippen molar-refractivity contribution in [3.8, 4) is 12.3 Å². The molecule has 0 saturated heterocycles. The molecule has 0 saturated carbocycles. The Labute approximate surface area is 77.0 Å². The van der Waals surface area contributed by atoms with Crippen molar-refractivity contribution in [1.29, 1.82) is 0 Å². The van der Waals surface area contributed by atoms with Gasteiger partial charge in [-0.3, -0.25) is 0 Å². The predicted molar refractivity (Wildman–Crippen MR) is 51.3 cm³/mol. The first-order valence-electron chi connectivity index (χ1n) is 3.53. The monoisotopic (exact) mass is 180 g/mol. The number of hydrogen-bond donors (Lipinski definition) is 1. The highest BCUT2D eigenvalue weighted by atomic mass is 35.5. The molecule has 0 amide bonds. The van der Waals surface area contributed by atoms with Crippen molar-refractivity contribution in [3.63, 3.8) is 0 Å². The molecule has 1 heterocycles. The number of pyridine rings is 1. The standard InChI is InChI=1S/C9H9ClN2/c1-3-4-11-8-5-7(2)6-12-9(8)10/h1,5-6,11H,4H2,2H3. The zero-order chi connectivity index (χ0) is 8.97. The van der Waals surface area contributed by atoms with Gasteiger partial charge in [-0.1, -0.05) is 17.5 Å². The first-order valence-corrected chi connectivity index (χ1v) is 3.91. The van der Waals surface area contributed by atoms with Gasteiger partial charge in [-0.15, -0.1) is 6.42 Å². The van der Waals surface area contributed by atoms with E-state index in [2.05, 4.69) is 16.2 Å². The van der Waals surface area contributed by atoms with E-state index in [-0.39, 0.29) is 0 Å². The molecule has 2 nitrogen and oxygen atoms in total. The van der Waals surface area contributed by atoms with Gasteiger partial charge in [0.1, 0.15) is 0 Å². The molecule has 0 bridgehead atoms. The lowest BCUT2D eigenvalue weighted by atomic mass is 10.3. The molecule has 12 heavy (non-hydrogen) atoms. The first kappa shape index (κ1) is 8.89. The third-order valence-electron chi connectivity index (χ3n) is 1.36. The fraction of sp³-hybridized carbons (Fsp3) is 0.222. The van der Waals surface area contributed by atoms with Gasteiger partial charge in [-0.25, -0.2) is 4.98 Å². The van der Waals surface area contributed by atoms with Gasteiger partial charge in [0.25, 0.3) is 0 Å². The SMILES string of the molecule is C#CCNc1cc(C)cnc1Cl. The number of nitrogens with one attached hydrogen (secondary N) is 1. The van der Waals surface area contributed by atoms with Gasteiger partial charge in [0.15, 0.2) is 5.15 Å². The second-order valence-electron chi connectivity index (χ2n) is 2.41. The summed E-state index contributed by atoms with van der Waals surface area (Å²) in [5, 5.41) is 3.43. The van der Waals surface area contributed by atoms with Crippen molar-refractivity contribution in [2.45, 2.75) is 6.92 Å². The summed E-state index contributed by atoms with van der Waals surface area (Å²) in [5.41, 5.74) is 1.84. The minimum Gasteiger partial charge on any atom is -0.372 e. The van der Waals surface area contributed by atoms with E-state index in [0.717, 1.165) is 11.3 Å². The van der Waals surface area contributed by atoms with Crippen LogP contribution >= 0.6 is 11.6 Å². The number of hydrogen-bond acceptors (Lipinski definition) is 2. The molecule has 0 fully saturated rings. The van der Waals surface area contributed by atoms with Crippen molar-refractivity contribution in [3.05, 3.63) is 23.0 Å². The van der Waals surface area contributed by atoms with Gasteiger partial charge in [-0.05, 0) is 18.6 Å². The fourth-order valence-corrected chi connectivity index (χ4v) is 0.993. The molecule has 0 aliphatic carbocycles. The van der Waals surface area contributed by atoms with E-state index in [1.165, 1.54) is 0 Å². The van der Waals surface area contributed by atoms with Crippen molar-refractivity contribution in [2.24, 2.45) is 0 Å². The average molecular weight is 181 g/mol. The summed E-state index contributed by atoms with van der Waals surface area (Å²) in [6.07, 6.45) is 6.80. The van der Waals surface area contributed by atoms with Crippen molar-refractivity contribution in [1.82, 2.24) is 4.98 Å². The fourth-order valence-electron chi connectivity index (χ4n) is 0.823. The zero-order valence-corrected chi connectivity index (χ0v) is 7.52. The number of rotatable bonds is 2. The topological polar surface area (TPSA) is 24.9 Å². The molecule has 0 unspecified atom stereocenters. The third-order valence-corrected chi connectivity index (χ3v) is 1.66. The molecule has 62 valence electrons. The van der Waals surface area contributed by atoms with Crippen LogP contribution in [0.2, 0.25) is 5.15 Å². The number of aryl methyl sites for hydroxylation is 1. The van der Waals surface area contributed by atoms with Gasteiger partial charge in [0.2, 0.25) is 0 Å². The maximum atomic E-state index is 5.79. The van der Waals surface area contributed by atoms with E-state index in [9.17, 15) is 0 Å². The third kappa shape index (κ3) is 2.14. The lowest BCUT2D eigenvalue weighted by Gasteiger charge is -2.04. The minimum absolute atomic E-state index is 0.454. The Morgan fingerprint density at radius 2 is 2.50 bits per heavy atom. The number of aromatic nitrogens is 1.